The maximum Gasteiger partial charge on any atom is 0.349 e. The first-order chi connectivity index (χ1) is 12.7. The van der Waals surface area contributed by atoms with Gasteiger partial charge >= 0.3 is 5.97 Å². The fraction of sp³-hybridized carbons (Fsp3) is 0.333. The lowest BCUT2D eigenvalue weighted by molar-refractivity contribution is -0.139. The van der Waals surface area contributed by atoms with E-state index in [2.05, 4.69) is 18.4 Å². The molecule has 27 heavy (non-hydrogen) atoms. The number of esters is 1. The van der Waals surface area contributed by atoms with E-state index >= 15 is 0 Å². The second kappa shape index (κ2) is 9.12. The molecule has 0 spiro atoms. The zero-order chi connectivity index (χ0) is 20.1. The fourth-order valence-corrected chi connectivity index (χ4v) is 3.09. The molecular weight excluding hydrogens is 383 g/mol. The quantitative estimate of drug-likeness (QED) is 0.351. The Hall–Kier alpha value is -2.22. The van der Waals surface area contributed by atoms with Gasteiger partial charge in [-0.2, -0.15) is 5.26 Å². The van der Waals surface area contributed by atoms with E-state index in [0.29, 0.717) is 21.5 Å². The molecule has 0 aliphatic rings. The standard InChI is InChI=1S/C21H22Cl2N2O2/c1-13(2)11-25-14(3)7-17(15(25)4)9-18(10-24)21(26)27-12-16-5-6-19(22)20(23)8-16/h5-9,13H,11-12H2,1-4H3/b18-9+. The molecule has 0 N–H and O–H groups in total. The van der Waals surface area contributed by atoms with Gasteiger partial charge in [0, 0.05) is 17.9 Å². The Bertz CT molecular complexity index is 921. The highest BCUT2D eigenvalue weighted by Crippen LogP contribution is 2.23. The highest BCUT2D eigenvalue weighted by Gasteiger charge is 2.15. The van der Waals surface area contributed by atoms with Crippen molar-refractivity contribution in [2.24, 2.45) is 5.92 Å². The van der Waals surface area contributed by atoms with Gasteiger partial charge in [0.25, 0.3) is 0 Å². The van der Waals surface area contributed by atoms with Crippen LogP contribution in [0.3, 0.4) is 0 Å². The van der Waals surface area contributed by atoms with Gasteiger partial charge in [0.1, 0.15) is 18.2 Å². The summed E-state index contributed by atoms with van der Waals surface area (Å²) < 4.78 is 7.44. The van der Waals surface area contributed by atoms with Crippen molar-refractivity contribution in [1.29, 1.82) is 5.26 Å². The Morgan fingerprint density at radius 1 is 1.26 bits per heavy atom. The minimum Gasteiger partial charge on any atom is -0.457 e. The Balaban J connectivity index is 2.17. The van der Waals surface area contributed by atoms with Gasteiger partial charge in [-0.1, -0.05) is 43.1 Å². The van der Waals surface area contributed by atoms with Gasteiger partial charge in [-0.05, 0) is 55.2 Å². The van der Waals surface area contributed by atoms with Crippen LogP contribution in [0.1, 0.15) is 36.4 Å². The summed E-state index contributed by atoms with van der Waals surface area (Å²) in [6.07, 6.45) is 1.58. The number of aryl methyl sites for hydroxylation is 1. The molecule has 2 aromatic rings. The fourth-order valence-electron chi connectivity index (χ4n) is 2.77. The predicted octanol–water partition coefficient (Wildman–Crippen LogP) is 5.72. The van der Waals surface area contributed by atoms with E-state index in [1.165, 1.54) is 0 Å². The number of nitriles is 1. The highest BCUT2D eigenvalue weighted by atomic mass is 35.5. The molecule has 0 bridgehead atoms. The van der Waals surface area contributed by atoms with Gasteiger partial charge in [-0.25, -0.2) is 4.79 Å². The molecule has 6 heteroatoms. The summed E-state index contributed by atoms with van der Waals surface area (Å²) in [7, 11) is 0. The highest BCUT2D eigenvalue weighted by molar-refractivity contribution is 6.42. The van der Waals surface area contributed by atoms with Crippen molar-refractivity contribution in [3.05, 3.63) is 62.4 Å². The van der Waals surface area contributed by atoms with Gasteiger partial charge in [0.2, 0.25) is 0 Å². The largest absolute Gasteiger partial charge is 0.457 e. The summed E-state index contributed by atoms with van der Waals surface area (Å²) in [6, 6.07) is 8.89. The zero-order valence-corrected chi connectivity index (χ0v) is 17.4. The lowest BCUT2D eigenvalue weighted by Crippen LogP contribution is -2.08. The minimum absolute atomic E-state index is 0.0150. The van der Waals surface area contributed by atoms with Gasteiger partial charge in [0.15, 0.2) is 0 Å². The van der Waals surface area contributed by atoms with Crippen LogP contribution in [0.2, 0.25) is 10.0 Å². The van der Waals surface area contributed by atoms with E-state index in [0.717, 1.165) is 23.5 Å². The molecule has 4 nitrogen and oxygen atoms in total. The minimum atomic E-state index is -0.669. The Morgan fingerprint density at radius 3 is 2.56 bits per heavy atom. The lowest BCUT2D eigenvalue weighted by atomic mass is 10.1. The van der Waals surface area contributed by atoms with Crippen molar-refractivity contribution in [2.45, 2.75) is 40.8 Å². The van der Waals surface area contributed by atoms with Crippen LogP contribution in [0.4, 0.5) is 0 Å². The molecule has 0 atom stereocenters. The zero-order valence-electron chi connectivity index (χ0n) is 15.8. The summed E-state index contributed by atoms with van der Waals surface area (Å²) in [5.74, 6) is -0.171. The third kappa shape index (κ3) is 5.38. The van der Waals surface area contributed by atoms with E-state index < -0.39 is 5.97 Å². The van der Waals surface area contributed by atoms with Crippen LogP contribution in [0.15, 0.2) is 29.8 Å². The first kappa shape index (κ1) is 21.1. The number of carbonyl (C=O) groups excluding carboxylic acids is 1. The molecule has 1 aromatic carbocycles. The van der Waals surface area contributed by atoms with Crippen LogP contribution in [0.25, 0.3) is 6.08 Å². The smallest absolute Gasteiger partial charge is 0.349 e. The molecule has 1 heterocycles. The van der Waals surface area contributed by atoms with Crippen molar-refractivity contribution < 1.29 is 9.53 Å². The number of rotatable bonds is 6. The molecule has 0 aliphatic carbocycles. The number of hydrogen-bond donors (Lipinski definition) is 0. The first-order valence-corrected chi connectivity index (χ1v) is 9.38. The summed E-state index contributed by atoms with van der Waals surface area (Å²) in [4.78, 5) is 12.3. The Labute approximate surface area is 170 Å². The topological polar surface area (TPSA) is 55.0 Å². The van der Waals surface area contributed by atoms with Gasteiger partial charge in [0.05, 0.1) is 10.0 Å². The average Bonchev–Trinajstić information content (AvgIpc) is 2.87. The molecule has 1 aromatic heterocycles. The van der Waals surface area contributed by atoms with Crippen molar-refractivity contribution in [1.82, 2.24) is 4.57 Å². The van der Waals surface area contributed by atoms with E-state index in [-0.39, 0.29) is 12.2 Å². The maximum atomic E-state index is 12.3. The molecule has 0 radical (unpaired) electrons. The van der Waals surface area contributed by atoms with Crippen LogP contribution in [0, 0.1) is 31.1 Å². The van der Waals surface area contributed by atoms with Gasteiger partial charge in [-0.15, -0.1) is 0 Å². The van der Waals surface area contributed by atoms with Crippen LogP contribution < -0.4 is 0 Å². The van der Waals surface area contributed by atoms with Gasteiger partial charge in [-0.3, -0.25) is 0 Å². The lowest BCUT2D eigenvalue weighted by Gasteiger charge is -2.12. The summed E-state index contributed by atoms with van der Waals surface area (Å²) >= 11 is 11.8. The number of nitrogens with zero attached hydrogens (tertiary/aromatic N) is 2. The van der Waals surface area contributed by atoms with Crippen molar-refractivity contribution in [2.75, 3.05) is 0 Å². The van der Waals surface area contributed by atoms with Crippen LogP contribution in [-0.4, -0.2) is 10.5 Å². The van der Waals surface area contributed by atoms with Crippen LogP contribution >= 0.6 is 23.2 Å². The molecule has 0 amide bonds. The second-order valence-corrected chi connectivity index (χ2v) is 7.64. The monoisotopic (exact) mass is 404 g/mol. The predicted molar refractivity (Wildman–Crippen MR) is 109 cm³/mol. The molecule has 0 fully saturated rings. The normalized spacial score (nSPS) is 11.6. The molecule has 2 rings (SSSR count). The molecular formula is C21H22Cl2N2O2. The number of ether oxygens (including phenoxy) is 1. The second-order valence-electron chi connectivity index (χ2n) is 6.83. The summed E-state index contributed by atoms with van der Waals surface area (Å²) in [6.45, 7) is 9.19. The Kier molecular flexibility index (Phi) is 7.12. The first-order valence-electron chi connectivity index (χ1n) is 8.62. The van der Waals surface area contributed by atoms with Crippen molar-refractivity contribution in [3.8, 4) is 6.07 Å². The maximum absolute atomic E-state index is 12.3. The number of halogens is 2. The molecule has 0 saturated carbocycles. The Morgan fingerprint density at radius 2 is 1.96 bits per heavy atom. The third-order valence-corrected chi connectivity index (χ3v) is 4.89. The number of benzene rings is 1. The molecule has 0 aliphatic heterocycles. The van der Waals surface area contributed by atoms with Crippen LogP contribution in [-0.2, 0) is 22.7 Å². The molecule has 142 valence electrons. The number of aromatic nitrogens is 1. The van der Waals surface area contributed by atoms with Gasteiger partial charge < -0.3 is 9.30 Å². The van der Waals surface area contributed by atoms with Crippen molar-refractivity contribution >= 4 is 35.2 Å². The van der Waals surface area contributed by atoms with E-state index in [1.54, 1.807) is 24.3 Å². The van der Waals surface area contributed by atoms with E-state index in [4.69, 9.17) is 27.9 Å². The van der Waals surface area contributed by atoms with E-state index in [9.17, 15) is 10.1 Å². The SMILES string of the molecule is Cc1cc(/C=C(\C#N)C(=O)OCc2ccc(Cl)c(Cl)c2)c(C)n1CC(C)C. The third-order valence-electron chi connectivity index (χ3n) is 4.15. The average molecular weight is 405 g/mol. The molecule has 0 unspecified atom stereocenters. The molecule has 0 saturated heterocycles. The summed E-state index contributed by atoms with van der Waals surface area (Å²) in [5, 5.41) is 10.2. The number of hydrogen-bond acceptors (Lipinski definition) is 3. The number of carbonyl (C=O) groups is 1. The van der Waals surface area contributed by atoms with Crippen molar-refractivity contribution in [3.63, 3.8) is 0 Å². The van der Waals surface area contributed by atoms with E-state index in [1.807, 2.05) is 26.0 Å². The summed E-state index contributed by atoms with van der Waals surface area (Å²) in [5.41, 5.74) is 3.61. The van der Waals surface area contributed by atoms with Crippen LogP contribution in [0.5, 0.6) is 0 Å².